The SMILES string of the molecule is O=S(=O)(CCCN1CCOC(c2cccc(Br)c2)C1)c1ccccc1. The van der Waals surface area contributed by atoms with Crippen molar-refractivity contribution in [2.24, 2.45) is 0 Å². The molecule has 2 aromatic rings. The highest BCUT2D eigenvalue weighted by Gasteiger charge is 2.22. The van der Waals surface area contributed by atoms with Crippen LogP contribution < -0.4 is 0 Å². The van der Waals surface area contributed by atoms with Gasteiger partial charge in [0.1, 0.15) is 0 Å². The van der Waals surface area contributed by atoms with E-state index in [4.69, 9.17) is 4.74 Å². The third-order valence-electron chi connectivity index (χ3n) is 4.36. The van der Waals surface area contributed by atoms with Gasteiger partial charge in [-0.1, -0.05) is 46.3 Å². The van der Waals surface area contributed by atoms with Gasteiger partial charge < -0.3 is 4.74 Å². The molecule has 0 bridgehead atoms. The number of nitrogens with zero attached hydrogens (tertiary/aromatic N) is 1. The summed E-state index contributed by atoms with van der Waals surface area (Å²) in [6.07, 6.45) is 0.666. The molecule has 1 aliphatic heterocycles. The fourth-order valence-corrected chi connectivity index (χ4v) is 4.77. The molecule has 1 atom stereocenters. The molecule has 0 aromatic heterocycles. The lowest BCUT2D eigenvalue weighted by Gasteiger charge is -2.33. The van der Waals surface area contributed by atoms with Gasteiger partial charge in [-0.2, -0.15) is 0 Å². The smallest absolute Gasteiger partial charge is 0.178 e. The zero-order chi connectivity index (χ0) is 17.7. The van der Waals surface area contributed by atoms with Crippen LogP contribution in [0.3, 0.4) is 0 Å². The Labute approximate surface area is 157 Å². The molecule has 3 rings (SSSR count). The number of morpholine rings is 1. The van der Waals surface area contributed by atoms with Gasteiger partial charge >= 0.3 is 0 Å². The molecule has 1 heterocycles. The summed E-state index contributed by atoms with van der Waals surface area (Å²) >= 11 is 3.49. The number of halogens is 1. The van der Waals surface area contributed by atoms with Gasteiger partial charge in [-0.25, -0.2) is 8.42 Å². The molecule has 134 valence electrons. The molecule has 1 saturated heterocycles. The topological polar surface area (TPSA) is 46.6 Å². The first-order valence-corrected chi connectivity index (χ1v) is 10.9. The second kappa shape index (κ2) is 8.45. The molecule has 0 N–H and O–H groups in total. The summed E-state index contributed by atoms with van der Waals surface area (Å²) in [5.41, 5.74) is 1.15. The Bertz CT molecular complexity index is 795. The average Bonchev–Trinajstić information content (AvgIpc) is 2.63. The molecule has 1 unspecified atom stereocenters. The molecule has 1 aliphatic rings. The van der Waals surface area contributed by atoms with Gasteiger partial charge in [-0.3, -0.25) is 4.90 Å². The van der Waals surface area contributed by atoms with E-state index >= 15 is 0 Å². The van der Waals surface area contributed by atoms with Crippen LogP contribution in [-0.2, 0) is 14.6 Å². The van der Waals surface area contributed by atoms with Gasteiger partial charge in [0.05, 0.1) is 23.4 Å². The van der Waals surface area contributed by atoms with Crippen molar-refractivity contribution in [3.05, 3.63) is 64.6 Å². The Morgan fingerprint density at radius 2 is 1.92 bits per heavy atom. The quantitative estimate of drug-likeness (QED) is 0.710. The highest BCUT2D eigenvalue weighted by atomic mass is 79.9. The van der Waals surface area contributed by atoms with E-state index in [2.05, 4.69) is 33.0 Å². The van der Waals surface area contributed by atoms with Gasteiger partial charge in [-0.05, 0) is 42.8 Å². The van der Waals surface area contributed by atoms with Crippen LogP contribution in [0.25, 0.3) is 0 Å². The maximum absolute atomic E-state index is 12.3. The van der Waals surface area contributed by atoms with E-state index in [1.807, 2.05) is 18.2 Å². The van der Waals surface area contributed by atoms with Crippen molar-refractivity contribution >= 4 is 25.8 Å². The summed E-state index contributed by atoms with van der Waals surface area (Å²) in [5, 5.41) is 0. The Morgan fingerprint density at radius 3 is 2.68 bits per heavy atom. The minimum atomic E-state index is -3.20. The molecule has 2 aromatic carbocycles. The second-order valence-electron chi connectivity index (χ2n) is 6.20. The zero-order valence-corrected chi connectivity index (χ0v) is 16.4. The molecule has 6 heteroatoms. The molecule has 0 amide bonds. The number of hydrogen-bond donors (Lipinski definition) is 0. The van der Waals surface area contributed by atoms with Gasteiger partial charge in [-0.15, -0.1) is 0 Å². The van der Waals surface area contributed by atoms with Crippen molar-refractivity contribution in [1.29, 1.82) is 0 Å². The molecule has 0 spiro atoms. The summed E-state index contributed by atoms with van der Waals surface area (Å²) in [7, 11) is -3.20. The van der Waals surface area contributed by atoms with Crippen LogP contribution in [0.4, 0.5) is 0 Å². The first kappa shape index (κ1) is 18.6. The Balaban J connectivity index is 1.53. The van der Waals surface area contributed by atoms with E-state index in [1.54, 1.807) is 24.3 Å². The Kier molecular flexibility index (Phi) is 6.28. The molecule has 4 nitrogen and oxygen atoms in total. The van der Waals surface area contributed by atoms with Gasteiger partial charge in [0, 0.05) is 17.6 Å². The van der Waals surface area contributed by atoms with Crippen molar-refractivity contribution in [2.75, 3.05) is 32.0 Å². The molecule has 0 saturated carbocycles. The second-order valence-corrected chi connectivity index (χ2v) is 9.23. The lowest BCUT2D eigenvalue weighted by molar-refractivity contribution is -0.0298. The summed E-state index contributed by atoms with van der Waals surface area (Å²) in [5.74, 6) is 0.177. The maximum Gasteiger partial charge on any atom is 0.178 e. The average molecular weight is 424 g/mol. The summed E-state index contributed by atoms with van der Waals surface area (Å²) in [6.45, 7) is 3.07. The van der Waals surface area contributed by atoms with E-state index in [-0.39, 0.29) is 11.9 Å². The van der Waals surface area contributed by atoms with Crippen LogP contribution >= 0.6 is 15.9 Å². The number of ether oxygens (including phenoxy) is 1. The Morgan fingerprint density at radius 1 is 1.12 bits per heavy atom. The first-order chi connectivity index (χ1) is 12.0. The monoisotopic (exact) mass is 423 g/mol. The first-order valence-electron chi connectivity index (χ1n) is 8.42. The van der Waals surface area contributed by atoms with E-state index in [9.17, 15) is 8.42 Å². The van der Waals surface area contributed by atoms with E-state index in [1.165, 1.54) is 0 Å². The van der Waals surface area contributed by atoms with Gasteiger partial charge in [0.15, 0.2) is 9.84 Å². The standard InChI is InChI=1S/C19H22BrNO3S/c20-17-7-4-6-16(14-17)19-15-21(11-12-24-19)10-5-13-25(22,23)18-8-2-1-3-9-18/h1-4,6-9,14,19H,5,10-13,15H2. The van der Waals surface area contributed by atoms with Crippen molar-refractivity contribution in [3.8, 4) is 0 Å². The predicted molar refractivity (Wildman–Crippen MR) is 102 cm³/mol. The van der Waals surface area contributed by atoms with Crippen molar-refractivity contribution in [1.82, 2.24) is 4.90 Å². The van der Waals surface area contributed by atoms with Gasteiger partial charge in [0.25, 0.3) is 0 Å². The largest absolute Gasteiger partial charge is 0.371 e. The van der Waals surface area contributed by atoms with Crippen molar-refractivity contribution in [2.45, 2.75) is 17.4 Å². The number of sulfone groups is 1. The fourth-order valence-electron chi connectivity index (χ4n) is 3.04. The third kappa shape index (κ3) is 5.14. The highest BCUT2D eigenvalue weighted by Crippen LogP contribution is 2.25. The molecular formula is C19H22BrNO3S. The van der Waals surface area contributed by atoms with Crippen LogP contribution in [0.2, 0.25) is 0 Å². The molecule has 0 radical (unpaired) electrons. The van der Waals surface area contributed by atoms with Crippen LogP contribution in [0.5, 0.6) is 0 Å². The van der Waals surface area contributed by atoms with Crippen LogP contribution in [0.1, 0.15) is 18.1 Å². The fraction of sp³-hybridized carbons (Fsp3) is 0.368. The lowest BCUT2D eigenvalue weighted by Crippen LogP contribution is -2.39. The zero-order valence-electron chi connectivity index (χ0n) is 14.0. The molecule has 25 heavy (non-hydrogen) atoms. The summed E-state index contributed by atoms with van der Waals surface area (Å²) in [6, 6.07) is 16.8. The van der Waals surface area contributed by atoms with Crippen molar-refractivity contribution in [3.63, 3.8) is 0 Å². The molecular weight excluding hydrogens is 402 g/mol. The van der Waals surface area contributed by atoms with Gasteiger partial charge in [0.2, 0.25) is 0 Å². The normalized spacial score (nSPS) is 19.0. The number of hydrogen-bond acceptors (Lipinski definition) is 4. The number of benzene rings is 2. The predicted octanol–water partition coefficient (Wildman–Crippen LogP) is 3.69. The minimum absolute atomic E-state index is 0.0389. The van der Waals surface area contributed by atoms with E-state index in [0.717, 1.165) is 29.7 Å². The summed E-state index contributed by atoms with van der Waals surface area (Å²) < 4.78 is 31.6. The highest BCUT2D eigenvalue weighted by molar-refractivity contribution is 9.10. The Hall–Kier alpha value is -1.21. The lowest BCUT2D eigenvalue weighted by atomic mass is 10.1. The molecule has 1 fully saturated rings. The molecule has 0 aliphatic carbocycles. The van der Waals surface area contributed by atoms with E-state index < -0.39 is 9.84 Å². The van der Waals surface area contributed by atoms with Crippen molar-refractivity contribution < 1.29 is 13.2 Å². The minimum Gasteiger partial charge on any atom is -0.371 e. The summed E-state index contributed by atoms with van der Waals surface area (Å²) in [4.78, 5) is 2.69. The van der Waals surface area contributed by atoms with E-state index in [0.29, 0.717) is 17.9 Å². The van der Waals surface area contributed by atoms with Crippen LogP contribution in [0, 0.1) is 0 Å². The van der Waals surface area contributed by atoms with Crippen LogP contribution in [-0.4, -0.2) is 45.3 Å². The number of rotatable bonds is 6. The van der Waals surface area contributed by atoms with Crippen LogP contribution in [0.15, 0.2) is 64.0 Å². The maximum atomic E-state index is 12.3. The third-order valence-corrected chi connectivity index (χ3v) is 6.67.